The number of carbonyl (C=O) groups excluding carboxylic acids is 1. The third kappa shape index (κ3) is 3.31. The van der Waals surface area contributed by atoms with Crippen LogP contribution < -0.4 is 5.32 Å². The number of rotatable bonds is 6. The maximum atomic E-state index is 12.1. The predicted molar refractivity (Wildman–Crippen MR) is 89.8 cm³/mol. The lowest BCUT2D eigenvalue weighted by Gasteiger charge is -2.10. The Morgan fingerprint density at radius 2 is 2.17 bits per heavy atom. The van der Waals surface area contributed by atoms with Gasteiger partial charge in [0, 0.05) is 11.3 Å². The molecular formula is C17H17N3O3S. The largest absolute Gasteiger partial charge is 0.459 e. The van der Waals surface area contributed by atoms with Gasteiger partial charge in [-0.3, -0.25) is 4.79 Å². The van der Waals surface area contributed by atoms with Gasteiger partial charge in [-0.2, -0.15) is 0 Å². The monoisotopic (exact) mass is 343 g/mol. The molecule has 4 rings (SSSR count). The van der Waals surface area contributed by atoms with Crippen LogP contribution in [0.3, 0.4) is 0 Å². The van der Waals surface area contributed by atoms with Crippen LogP contribution in [0.1, 0.15) is 43.4 Å². The van der Waals surface area contributed by atoms with Gasteiger partial charge in [-0.05, 0) is 31.9 Å². The lowest BCUT2D eigenvalue weighted by molar-refractivity contribution is -0.119. The highest BCUT2D eigenvalue weighted by Crippen LogP contribution is 2.39. The Bertz CT molecular complexity index is 836. The minimum Gasteiger partial charge on any atom is -0.459 e. The van der Waals surface area contributed by atoms with Crippen LogP contribution in [0, 0.1) is 0 Å². The summed E-state index contributed by atoms with van der Waals surface area (Å²) in [6.07, 6.45) is 2.23. The maximum Gasteiger partial charge on any atom is 0.277 e. The number of benzene rings is 1. The fourth-order valence-corrected chi connectivity index (χ4v) is 3.05. The van der Waals surface area contributed by atoms with Crippen molar-refractivity contribution in [2.75, 3.05) is 5.75 Å². The number of furan rings is 1. The molecule has 0 aliphatic heterocycles. The molecule has 2 heterocycles. The van der Waals surface area contributed by atoms with Gasteiger partial charge in [-0.25, -0.2) is 0 Å². The van der Waals surface area contributed by atoms with Crippen LogP contribution in [0.5, 0.6) is 0 Å². The Labute approximate surface area is 143 Å². The third-order valence-corrected chi connectivity index (χ3v) is 4.74. The van der Waals surface area contributed by atoms with Crippen molar-refractivity contribution in [2.45, 2.75) is 36.9 Å². The van der Waals surface area contributed by atoms with Gasteiger partial charge in [0.1, 0.15) is 11.3 Å². The molecule has 1 saturated carbocycles. The van der Waals surface area contributed by atoms with E-state index in [1.54, 1.807) is 0 Å². The fraction of sp³-hybridized carbons (Fsp3) is 0.353. The molecule has 0 saturated heterocycles. The molecule has 1 N–H and O–H groups in total. The van der Waals surface area contributed by atoms with Gasteiger partial charge >= 0.3 is 0 Å². The zero-order valence-electron chi connectivity index (χ0n) is 13.2. The molecular weight excluding hydrogens is 326 g/mol. The van der Waals surface area contributed by atoms with Gasteiger partial charge in [0.05, 0.1) is 11.8 Å². The number of fused-ring (bicyclic) bond motifs is 1. The van der Waals surface area contributed by atoms with Gasteiger partial charge in [0.2, 0.25) is 11.8 Å². The molecule has 1 aliphatic rings. The van der Waals surface area contributed by atoms with Crippen LogP contribution in [0.25, 0.3) is 11.0 Å². The van der Waals surface area contributed by atoms with E-state index in [2.05, 4.69) is 15.5 Å². The Morgan fingerprint density at radius 3 is 2.96 bits per heavy atom. The van der Waals surface area contributed by atoms with E-state index in [0.717, 1.165) is 29.6 Å². The molecule has 0 spiro atoms. The highest BCUT2D eigenvalue weighted by atomic mass is 32.2. The molecule has 0 radical (unpaired) electrons. The van der Waals surface area contributed by atoms with Crippen LogP contribution in [0.2, 0.25) is 0 Å². The maximum absolute atomic E-state index is 12.1. The van der Waals surface area contributed by atoms with Crippen molar-refractivity contribution in [1.29, 1.82) is 0 Å². The Morgan fingerprint density at radius 1 is 1.33 bits per heavy atom. The van der Waals surface area contributed by atoms with E-state index in [1.165, 1.54) is 11.8 Å². The first-order chi connectivity index (χ1) is 11.7. The third-order valence-electron chi connectivity index (χ3n) is 3.92. The summed E-state index contributed by atoms with van der Waals surface area (Å²) < 4.78 is 11.3. The van der Waals surface area contributed by atoms with Gasteiger partial charge in [0.15, 0.2) is 0 Å². The highest BCUT2D eigenvalue weighted by molar-refractivity contribution is 7.99. The summed E-state index contributed by atoms with van der Waals surface area (Å²) in [5.74, 6) is 1.99. The van der Waals surface area contributed by atoms with E-state index >= 15 is 0 Å². The smallest absolute Gasteiger partial charge is 0.277 e. The molecule has 0 bridgehead atoms. The van der Waals surface area contributed by atoms with Gasteiger partial charge in [-0.15, -0.1) is 10.2 Å². The minimum atomic E-state index is -0.199. The van der Waals surface area contributed by atoms with Gasteiger partial charge in [0.25, 0.3) is 5.22 Å². The summed E-state index contributed by atoms with van der Waals surface area (Å²) >= 11 is 1.25. The number of thioether (sulfide) groups is 1. The average molecular weight is 343 g/mol. The number of aromatic nitrogens is 2. The Kier molecular flexibility index (Phi) is 4.02. The molecule has 24 heavy (non-hydrogen) atoms. The topological polar surface area (TPSA) is 81.2 Å². The molecule has 3 aromatic rings. The lowest BCUT2D eigenvalue weighted by atomic mass is 10.2. The average Bonchev–Trinajstić information content (AvgIpc) is 3.16. The molecule has 1 amide bonds. The van der Waals surface area contributed by atoms with E-state index in [1.807, 2.05) is 37.3 Å². The van der Waals surface area contributed by atoms with E-state index in [-0.39, 0.29) is 17.7 Å². The van der Waals surface area contributed by atoms with E-state index in [0.29, 0.717) is 17.0 Å². The zero-order valence-corrected chi connectivity index (χ0v) is 14.0. The molecule has 6 nitrogen and oxygen atoms in total. The molecule has 7 heteroatoms. The zero-order chi connectivity index (χ0) is 16.5. The van der Waals surface area contributed by atoms with Crippen molar-refractivity contribution in [1.82, 2.24) is 15.5 Å². The van der Waals surface area contributed by atoms with Crippen molar-refractivity contribution < 1.29 is 13.6 Å². The minimum absolute atomic E-state index is 0.0980. The van der Waals surface area contributed by atoms with E-state index < -0.39 is 0 Å². The standard InChI is InChI=1S/C17H17N3O3S/c1-10(14-8-12-4-2-3-5-13(12)22-14)18-15(21)9-24-17-20-19-16(23-17)11-6-7-11/h2-5,8,10-11H,6-7,9H2,1H3,(H,18,21). The van der Waals surface area contributed by atoms with Crippen molar-refractivity contribution in [2.24, 2.45) is 0 Å². The molecule has 1 fully saturated rings. The van der Waals surface area contributed by atoms with Crippen molar-refractivity contribution in [3.05, 3.63) is 42.0 Å². The lowest BCUT2D eigenvalue weighted by Crippen LogP contribution is -2.27. The number of amides is 1. The number of nitrogens with one attached hydrogen (secondary N) is 1. The molecule has 2 aromatic heterocycles. The normalized spacial score (nSPS) is 15.5. The van der Waals surface area contributed by atoms with Crippen molar-refractivity contribution >= 4 is 28.6 Å². The quantitative estimate of drug-likeness (QED) is 0.688. The summed E-state index contributed by atoms with van der Waals surface area (Å²) in [6, 6.07) is 9.54. The first-order valence-corrected chi connectivity index (χ1v) is 8.91. The van der Waals surface area contributed by atoms with Crippen LogP contribution in [-0.2, 0) is 4.79 Å². The second-order valence-electron chi connectivity index (χ2n) is 5.94. The fourth-order valence-electron chi connectivity index (χ4n) is 2.47. The molecule has 1 aromatic carbocycles. The number of hydrogen-bond acceptors (Lipinski definition) is 6. The summed E-state index contributed by atoms with van der Waals surface area (Å²) in [5.41, 5.74) is 0.821. The summed E-state index contributed by atoms with van der Waals surface area (Å²) in [4.78, 5) is 12.1. The molecule has 1 atom stereocenters. The predicted octanol–water partition coefficient (Wildman–Crippen LogP) is 3.66. The number of carbonyl (C=O) groups is 1. The summed E-state index contributed by atoms with van der Waals surface area (Å²) in [6.45, 7) is 1.90. The highest BCUT2D eigenvalue weighted by Gasteiger charge is 2.29. The Hall–Kier alpha value is -2.28. The Balaban J connectivity index is 1.32. The second kappa shape index (κ2) is 6.32. The van der Waals surface area contributed by atoms with Crippen molar-refractivity contribution in [3.63, 3.8) is 0 Å². The second-order valence-corrected chi connectivity index (χ2v) is 6.87. The van der Waals surface area contributed by atoms with Crippen LogP contribution in [-0.4, -0.2) is 21.9 Å². The van der Waals surface area contributed by atoms with Crippen LogP contribution >= 0.6 is 11.8 Å². The SMILES string of the molecule is CC(NC(=O)CSc1nnc(C2CC2)o1)c1cc2ccccc2o1. The van der Waals surface area contributed by atoms with E-state index in [9.17, 15) is 4.79 Å². The summed E-state index contributed by atoms with van der Waals surface area (Å²) in [5, 5.41) is 12.4. The van der Waals surface area contributed by atoms with Gasteiger partial charge < -0.3 is 14.2 Å². The van der Waals surface area contributed by atoms with Crippen molar-refractivity contribution in [3.8, 4) is 0 Å². The number of nitrogens with zero attached hydrogens (tertiary/aromatic N) is 2. The van der Waals surface area contributed by atoms with E-state index in [4.69, 9.17) is 8.83 Å². The van der Waals surface area contributed by atoms with Crippen LogP contribution in [0.15, 0.2) is 44.4 Å². The number of para-hydroxylation sites is 1. The summed E-state index contributed by atoms with van der Waals surface area (Å²) in [7, 11) is 0. The first-order valence-electron chi connectivity index (χ1n) is 7.93. The number of hydrogen-bond donors (Lipinski definition) is 1. The van der Waals surface area contributed by atoms with Crippen LogP contribution in [0.4, 0.5) is 0 Å². The first kappa shape index (κ1) is 15.3. The molecule has 124 valence electrons. The molecule has 1 unspecified atom stereocenters. The van der Waals surface area contributed by atoms with Gasteiger partial charge in [-0.1, -0.05) is 30.0 Å². The molecule has 1 aliphatic carbocycles.